The standard InChI is InChI=1S/C10H18N4OS/c1-15-5-2-3-11-9-7-10(12-4-6-16)14-8-13-9/h7-8,16H,2-6H2,1H3,(H2,11,12,13,14). The van der Waals surface area contributed by atoms with Crippen LogP contribution in [0.25, 0.3) is 0 Å². The number of nitrogens with zero attached hydrogens (tertiary/aromatic N) is 2. The Kier molecular flexibility index (Phi) is 6.67. The lowest BCUT2D eigenvalue weighted by atomic mass is 10.4. The minimum absolute atomic E-state index is 0.753. The lowest BCUT2D eigenvalue weighted by molar-refractivity contribution is 0.198. The third-order valence-corrected chi connectivity index (χ3v) is 2.14. The molecule has 0 spiro atoms. The average molecular weight is 242 g/mol. The molecule has 1 aromatic rings. The van der Waals surface area contributed by atoms with Crippen molar-refractivity contribution >= 4 is 24.3 Å². The second-order valence-electron chi connectivity index (χ2n) is 3.21. The summed E-state index contributed by atoms with van der Waals surface area (Å²) < 4.78 is 4.96. The molecule has 0 aliphatic heterocycles. The largest absolute Gasteiger partial charge is 0.385 e. The maximum Gasteiger partial charge on any atom is 0.131 e. The molecule has 0 unspecified atom stereocenters. The number of anilines is 2. The third kappa shape index (κ3) is 5.18. The fourth-order valence-corrected chi connectivity index (χ4v) is 1.28. The molecule has 0 aliphatic rings. The van der Waals surface area contributed by atoms with Crippen LogP contribution in [0.15, 0.2) is 12.4 Å². The fourth-order valence-electron chi connectivity index (χ4n) is 1.17. The molecule has 90 valence electrons. The average Bonchev–Trinajstić information content (AvgIpc) is 2.33. The van der Waals surface area contributed by atoms with E-state index in [1.165, 1.54) is 0 Å². The fraction of sp³-hybridized carbons (Fsp3) is 0.600. The predicted molar refractivity (Wildman–Crippen MR) is 69.4 cm³/mol. The summed E-state index contributed by atoms with van der Waals surface area (Å²) >= 11 is 4.12. The molecule has 6 heteroatoms. The zero-order valence-corrected chi connectivity index (χ0v) is 10.3. The minimum Gasteiger partial charge on any atom is -0.385 e. The van der Waals surface area contributed by atoms with Crippen molar-refractivity contribution < 1.29 is 4.74 Å². The van der Waals surface area contributed by atoms with Crippen molar-refractivity contribution in [2.24, 2.45) is 0 Å². The predicted octanol–water partition coefficient (Wildman–Crippen LogP) is 1.27. The van der Waals surface area contributed by atoms with Crippen LogP contribution in [-0.4, -0.2) is 42.5 Å². The molecular formula is C10H18N4OS. The quantitative estimate of drug-likeness (QED) is 0.473. The van der Waals surface area contributed by atoms with E-state index in [1.54, 1.807) is 13.4 Å². The number of hydrogen-bond donors (Lipinski definition) is 3. The Balaban J connectivity index is 2.35. The molecule has 1 aromatic heterocycles. The van der Waals surface area contributed by atoms with Crippen molar-refractivity contribution in [2.75, 3.05) is 43.2 Å². The monoisotopic (exact) mass is 242 g/mol. The van der Waals surface area contributed by atoms with E-state index >= 15 is 0 Å². The molecule has 0 fully saturated rings. The number of nitrogens with one attached hydrogen (secondary N) is 2. The zero-order valence-electron chi connectivity index (χ0n) is 9.44. The Hall–Kier alpha value is -1.01. The van der Waals surface area contributed by atoms with Crippen molar-refractivity contribution in [3.05, 3.63) is 12.4 Å². The van der Waals surface area contributed by atoms with Crippen LogP contribution in [0.4, 0.5) is 11.6 Å². The van der Waals surface area contributed by atoms with Crippen LogP contribution in [0, 0.1) is 0 Å². The normalized spacial score (nSPS) is 10.1. The molecule has 0 radical (unpaired) electrons. The molecule has 16 heavy (non-hydrogen) atoms. The van der Waals surface area contributed by atoms with Crippen LogP contribution >= 0.6 is 12.6 Å². The molecular weight excluding hydrogens is 224 g/mol. The Bertz CT molecular complexity index is 298. The van der Waals surface area contributed by atoms with Gasteiger partial charge >= 0.3 is 0 Å². The van der Waals surface area contributed by atoms with Crippen molar-refractivity contribution in [3.63, 3.8) is 0 Å². The molecule has 0 saturated carbocycles. The first-order chi connectivity index (χ1) is 7.86. The summed E-state index contributed by atoms with van der Waals surface area (Å²) in [7, 11) is 1.70. The van der Waals surface area contributed by atoms with Crippen LogP contribution < -0.4 is 10.6 Å². The second kappa shape index (κ2) is 8.18. The van der Waals surface area contributed by atoms with Crippen LogP contribution in [-0.2, 0) is 4.74 Å². The van der Waals surface area contributed by atoms with Crippen LogP contribution in [0.3, 0.4) is 0 Å². The number of methoxy groups -OCH3 is 1. The van der Waals surface area contributed by atoms with Crippen LogP contribution in [0.2, 0.25) is 0 Å². The van der Waals surface area contributed by atoms with Crippen molar-refractivity contribution in [3.8, 4) is 0 Å². The molecule has 0 aromatic carbocycles. The van der Waals surface area contributed by atoms with E-state index in [4.69, 9.17) is 4.74 Å². The van der Waals surface area contributed by atoms with Gasteiger partial charge in [-0.1, -0.05) is 0 Å². The molecule has 1 heterocycles. The highest BCUT2D eigenvalue weighted by molar-refractivity contribution is 7.80. The van der Waals surface area contributed by atoms with Gasteiger partial charge in [0, 0.05) is 38.6 Å². The Morgan fingerprint density at radius 1 is 1.25 bits per heavy atom. The van der Waals surface area contributed by atoms with Gasteiger partial charge in [0.1, 0.15) is 18.0 Å². The summed E-state index contributed by atoms with van der Waals surface area (Å²) in [5, 5.41) is 6.35. The molecule has 0 saturated heterocycles. The van der Waals surface area contributed by atoms with Crippen LogP contribution in [0.1, 0.15) is 6.42 Å². The van der Waals surface area contributed by atoms with Crippen molar-refractivity contribution in [1.82, 2.24) is 9.97 Å². The van der Waals surface area contributed by atoms with Gasteiger partial charge in [-0.25, -0.2) is 9.97 Å². The Morgan fingerprint density at radius 2 is 1.94 bits per heavy atom. The first-order valence-electron chi connectivity index (χ1n) is 5.26. The van der Waals surface area contributed by atoms with E-state index in [2.05, 4.69) is 33.2 Å². The van der Waals surface area contributed by atoms with E-state index in [-0.39, 0.29) is 0 Å². The van der Waals surface area contributed by atoms with E-state index in [9.17, 15) is 0 Å². The van der Waals surface area contributed by atoms with Gasteiger partial charge in [-0.2, -0.15) is 12.6 Å². The molecule has 0 aliphatic carbocycles. The minimum atomic E-state index is 0.753. The smallest absolute Gasteiger partial charge is 0.131 e. The van der Waals surface area contributed by atoms with Gasteiger partial charge in [-0.3, -0.25) is 0 Å². The van der Waals surface area contributed by atoms with Crippen LogP contribution in [0.5, 0.6) is 0 Å². The Labute approximate surface area is 101 Å². The lowest BCUT2D eigenvalue weighted by Gasteiger charge is -2.07. The van der Waals surface area contributed by atoms with Gasteiger partial charge in [0.2, 0.25) is 0 Å². The van der Waals surface area contributed by atoms with Gasteiger partial charge in [-0.15, -0.1) is 0 Å². The van der Waals surface area contributed by atoms with Gasteiger partial charge in [-0.05, 0) is 6.42 Å². The molecule has 0 atom stereocenters. The van der Waals surface area contributed by atoms with Crippen molar-refractivity contribution in [1.29, 1.82) is 0 Å². The SMILES string of the molecule is COCCCNc1cc(NCCS)ncn1. The van der Waals surface area contributed by atoms with Crippen molar-refractivity contribution in [2.45, 2.75) is 6.42 Å². The van der Waals surface area contributed by atoms with Gasteiger partial charge in [0.25, 0.3) is 0 Å². The Morgan fingerprint density at radius 3 is 2.56 bits per heavy atom. The maximum atomic E-state index is 4.96. The molecule has 0 amide bonds. The molecule has 5 nitrogen and oxygen atoms in total. The number of aromatic nitrogens is 2. The number of thiol groups is 1. The number of ether oxygens (including phenoxy) is 1. The van der Waals surface area contributed by atoms with E-state index in [0.717, 1.165) is 43.5 Å². The van der Waals surface area contributed by atoms with Gasteiger partial charge in [0.05, 0.1) is 0 Å². The van der Waals surface area contributed by atoms with E-state index in [1.807, 2.05) is 6.07 Å². The first-order valence-corrected chi connectivity index (χ1v) is 5.89. The number of hydrogen-bond acceptors (Lipinski definition) is 6. The van der Waals surface area contributed by atoms with E-state index < -0.39 is 0 Å². The zero-order chi connectivity index (χ0) is 11.6. The molecule has 1 rings (SSSR count). The molecule has 0 bridgehead atoms. The first kappa shape index (κ1) is 13.1. The summed E-state index contributed by atoms with van der Waals surface area (Å²) in [6.45, 7) is 2.39. The highest BCUT2D eigenvalue weighted by Crippen LogP contribution is 2.07. The molecule has 2 N–H and O–H groups in total. The maximum absolute atomic E-state index is 4.96. The number of rotatable bonds is 8. The summed E-state index contributed by atoms with van der Waals surface area (Å²) in [6.07, 6.45) is 2.50. The summed E-state index contributed by atoms with van der Waals surface area (Å²) in [5.74, 6) is 2.42. The van der Waals surface area contributed by atoms with Gasteiger partial charge < -0.3 is 15.4 Å². The second-order valence-corrected chi connectivity index (χ2v) is 3.66. The van der Waals surface area contributed by atoms with Gasteiger partial charge in [0.15, 0.2) is 0 Å². The highest BCUT2D eigenvalue weighted by atomic mass is 32.1. The summed E-state index contributed by atoms with van der Waals surface area (Å²) in [6, 6.07) is 1.89. The van der Waals surface area contributed by atoms with E-state index in [0.29, 0.717) is 0 Å². The highest BCUT2D eigenvalue weighted by Gasteiger charge is 1.97. The topological polar surface area (TPSA) is 59.1 Å². The lowest BCUT2D eigenvalue weighted by Crippen LogP contribution is -2.08. The third-order valence-electron chi connectivity index (χ3n) is 1.92. The summed E-state index contributed by atoms with van der Waals surface area (Å²) in [4.78, 5) is 8.22. The summed E-state index contributed by atoms with van der Waals surface area (Å²) in [5.41, 5.74) is 0.